The van der Waals surface area contributed by atoms with Crippen molar-refractivity contribution in [3.05, 3.63) is 83.6 Å². The maximum atomic E-state index is 12.6. The van der Waals surface area contributed by atoms with Crippen LogP contribution in [0.5, 0.6) is 5.88 Å². The highest BCUT2D eigenvalue weighted by molar-refractivity contribution is 7.88. The average Bonchev–Trinajstić information content (AvgIpc) is 3.26. The largest absolute Gasteiger partial charge is 0.480 e. The summed E-state index contributed by atoms with van der Waals surface area (Å²) in [6.45, 7) is 0.871. The van der Waals surface area contributed by atoms with Crippen molar-refractivity contribution in [2.75, 3.05) is 26.0 Å². The molecule has 1 aliphatic heterocycles. The Balaban J connectivity index is 1.14. The summed E-state index contributed by atoms with van der Waals surface area (Å²) >= 11 is 0. The number of carboxylic acids is 1. The van der Waals surface area contributed by atoms with Crippen LogP contribution in [0.4, 0.5) is 4.79 Å². The highest BCUT2D eigenvalue weighted by Crippen LogP contribution is 2.44. The van der Waals surface area contributed by atoms with Crippen molar-refractivity contribution >= 4 is 22.1 Å². The van der Waals surface area contributed by atoms with E-state index >= 15 is 0 Å². The molecule has 1 amide bonds. The Labute approximate surface area is 233 Å². The molecule has 1 aromatic heterocycles. The third-order valence-corrected chi connectivity index (χ3v) is 8.63. The van der Waals surface area contributed by atoms with E-state index in [2.05, 4.69) is 10.3 Å². The molecule has 210 valence electrons. The van der Waals surface area contributed by atoms with E-state index in [1.807, 2.05) is 48.5 Å². The lowest BCUT2D eigenvalue weighted by Gasteiger charge is -2.30. The first kappa shape index (κ1) is 27.6. The molecule has 2 aliphatic rings. The molecule has 2 heterocycles. The monoisotopic (exact) mass is 565 g/mol. The van der Waals surface area contributed by atoms with Gasteiger partial charge in [-0.3, -0.25) is 0 Å². The van der Waals surface area contributed by atoms with Crippen molar-refractivity contribution in [2.45, 2.75) is 37.3 Å². The maximum Gasteiger partial charge on any atom is 0.407 e. The van der Waals surface area contributed by atoms with E-state index in [4.69, 9.17) is 9.47 Å². The number of hydrogen-bond donors (Lipinski definition) is 2. The molecule has 0 radical (unpaired) electrons. The Morgan fingerprint density at radius 3 is 2.20 bits per heavy atom. The molecule has 1 saturated heterocycles. The van der Waals surface area contributed by atoms with Gasteiger partial charge >= 0.3 is 12.1 Å². The lowest BCUT2D eigenvalue weighted by Crippen LogP contribution is -2.43. The molecule has 2 aromatic carbocycles. The Kier molecular flexibility index (Phi) is 8.04. The fourth-order valence-electron chi connectivity index (χ4n) is 5.27. The minimum atomic E-state index is -3.21. The van der Waals surface area contributed by atoms with Gasteiger partial charge in [-0.2, -0.15) is 0 Å². The number of hydrogen-bond acceptors (Lipinski definition) is 7. The molecule has 5 rings (SSSR count). The van der Waals surface area contributed by atoms with Crippen LogP contribution in [0, 0.1) is 0 Å². The number of aliphatic carboxylic acids is 1. The number of carbonyl (C=O) groups excluding carboxylic acids is 1. The van der Waals surface area contributed by atoms with Crippen LogP contribution in [0.25, 0.3) is 11.1 Å². The molecule has 0 saturated carbocycles. The fraction of sp³-hybridized carbons (Fsp3) is 0.345. The number of aromatic nitrogens is 1. The van der Waals surface area contributed by atoms with E-state index in [0.717, 1.165) is 22.3 Å². The number of ether oxygens (including phenoxy) is 2. The van der Waals surface area contributed by atoms with E-state index in [0.29, 0.717) is 37.4 Å². The minimum Gasteiger partial charge on any atom is -0.480 e. The van der Waals surface area contributed by atoms with Crippen molar-refractivity contribution in [3.63, 3.8) is 0 Å². The summed E-state index contributed by atoms with van der Waals surface area (Å²) in [5.41, 5.74) is 4.96. The number of nitrogens with one attached hydrogen (secondary N) is 1. The smallest absolute Gasteiger partial charge is 0.407 e. The third kappa shape index (κ3) is 6.26. The molecule has 0 unspecified atom stereocenters. The summed E-state index contributed by atoms with van der Waals surface area (Å²) in [5.74, 6) is -0.943. The van der Waals surface area contributed by atoms with Crippen LogP contribution < -0.4 is 10.1 Å². The summed E-state index contributed by atoms with van der Waals surface area (Å²) in [6.07, 6.45) is 2.88. The van der Waals surface area contributed by atoms with Gasteiger partial charge in [-0.25, -0.2) is 27.3 Å². The number of carboxylic acid groups (broad SMARTS) is 1. The van der Waals surface area contributed by atoms with Crippen molar-refractivity contribution in [1.29, 1.82) is 0 Å². The first-order valence-corrected chi connectivity index (χ1v) is 14.9. The lowest BCUT2D eigenvalue weighted by molar-refractivity contribution is -0.139. The van der Waals surface area contributed by atoms with Crippen molar-refractivity contribution in [2.24, 2.45) is 0 Å². The molecular weight excluding hydrogens is 534 g/mol. The molecule has 2 N–H and O–H groups in total. The van der Waals surface area contributed by atoms with E-state index in [1.165, 1.54) is 16.8 Å². The topological polar surface area (TPSA) is 135 Å². The van der Waals surface area contributed by atoms with Crippen LogP contribution in [0.1, 0.15) is 35.4 Å². The Morgan fingerprint density at radius 1 is 1.02 bits per heavy atom. The first-order valence-electron chi connectivity index (χ1n) is 13.1. The average molecular weight is 566 g/mol. The van der Waals surface area contributed by atoms with Crippen molar-refractivity contribution < 1.29 is 32.6 Å². The van der Waals surface area contributed by atoms with Crippen LogP contribution in [0.15, 0.2) is 66.9 Å². The number of fused-ring (bicyclic) bond motifs is 3. The summed E-state index contributed by atoms with van der Waals surface area (Å²) in [6, 6.07) is 18.1. The summed E-state index contributed by atoms with van der Waals surface area (Å²) in [4.78, 5) is 28.8. The second kappa shape index (κ2) is 11.6. The van der Waals surface area contributed by atoms with Crippen molar-refractivity contribution in [3.8, 4) is 17.0 Å². The van der Waals surface area contributed by atoms with Crippen LogP contribution in [-0.4, -0.2) is 73.0 Å². The molecule has 0 bridgehead atoms. The fourth-order valence-corrected chi connectivity index (χ4v) is 6.15. The molecule has 3 aromatic rings. The molecule has 10 nitrogen and oxygen atoms in total. The minimum absolute atomic E-state index is 0.0134. The predicted octanol–water partition coefficient (Wildman–Crippen LogP) is 3.42. The molecule has 1 fully saturated rings. The van der Waals surface area contributed by atoms with Crippen LogP contribution in [-0.2, 0) is 26.0 Å². The quantitative estimate of drug-likeness (QED) is 0.403. The number of alkyl carbamates (subject to hydrolysis) is 1. The normalized spacial score (nSPS) is 16.5. The van der Waals surface area contributed by atoms with Gasteiger partial charge in [-0.05, 0) is 40.7 Å². The van der Waals surface area contributed by atoms with Gasteiger partial charge in [0.05, 0.1) is 6.26 Å². The van der Waals surface area contributed by atoms with Crippen LogP contribution in [0.3, 0.4) is 0 Å². The van der Waals surface area contributed by atoms with Gasteiger partial charge in [0.1, 0.15) is 18.8 Å². The van der Waals surface area contributed by atoms with E-state index in [-0.39, 0.29) is 25.0 Å². The van der Waals surface area contributed by atoms with Crippen molar-refractivity contribution in [1.82, 2.24) is 14.6 Å². The van der Waals surface area contributed by atoms with Gasteiger partial charge in [-0.15, -0.1) is 0 Å². The number of benzene rings is 2. The number of pyridine rings is 1. The van der Waals surface area contributed by atoms with Gasteiger partial charge in [0.25, 0.3) is 0 Å². The summed E-state index contributed by atoms with van der Waals surface area (Å²) < 4.78 is 36.2. The second-order valence-electron chi connectivity index (χ2n) is 10.0. The zero-order chi connectivity index (χ0) is 28.3. The lowest BCUT2D eigenvalue weighted by atomic mass is 9.98. The predicted molar refractivity (Wildman–Crippen MR) is 148 cm³/mol. The molecule has 1 atom stereocenters. The van der Waals surface area contributed by atoms with Gasteiger partial charge in [0.2, 0.25) is 15.9 Å². The zero-order valence-corrected chi connectivity index (χ0v) is 22.8. The molecule has 11 heteroatoms. The molecule has 1 aliphatic carbocycles. The van der Waals surface area contributed by atoms with E-state index in [1.54, 1.807) is 12.1 Å². The van der Waals surface area contributed by atoms with Gasteiger partial charge in [-0.1, -0.05) is 54.6 Å². The Morgan fingerprint density at radius 2 is 1.65 bits per heavy atom. The highest BCUT2D eigenvalue weighted by Gasteiger charge is 2.30. The number of amides is 1. The maximum absolute atomic E-state index is 12.6. The summed E-state index contributed by atoms with van der Waals surface area (Å²) in [7, 11) is -3.21. The van der Waals surface area contributed by atoms with Crippen LogP contribution in [0.2, 0.25) is 0 Å². The molecule has 0 spiro atoms. The third-order valence-electron chi connectivity index (χ3n) is 7.33. The highest BCUT2D eigenvalue weighted by atomic mass is 32.2. The molecular formula is C29H31N3O7S. The van der Waals surface area contributed by atoms with Crippen LogP contribution >= 0.6 is 0 Å². The Bertz CT molecular complexity index is 1440. The zero-order valence-electron chi connectivity index (χ0n) is 22.0. The standard InChI is InChI=1S/C29H31N3O7S/c1-40(36,37)32-14-12-20(13-15-32)39-27-11-10-19(17-30-27)16-26(28(33)34)31-29(35)38-18-25-23-8-4-2-6-21(23)22-7-3-5-9-24(22)25/h2-11,17,20,25-26H,12-16,18H2,1H3,(H,31,35)(H,33,34)/t26-/m0/s1. The van der Waals surface area contributed by atoms with E-state index < -0.39 is 28.1 Å². The number of nitrogens with zero attached hydrogens (tertiary/aromatic N) is 2. The van der Waals surface area contributed by atoms with Gasteiger partial charge in [0, 0.05) is 37.7 Å². The van der Waals surface area contributed by atoms with Gasteiger partial charge < -0.3 is 19.9 Å². The second-order valence-corrected chi connectivity index (χ2v) is 12.0. The number of rotatable bonds is 9. The SMILES string of the molecule is CS(=O)(=O)N1CCC(Oc2ccc(C[C@H](NC(=O)OCC3c4ccccc4-c4ccccc43)C(=O)O)cn2)CC1. The number of carbonyl (C=O) groups is 2. The van der Waals surface area contributed by atoms with E-state index in [9.17, 15) is 23.1 Å². The first-order chi connectivity index (χ1) is 19.2. The number of piperidine rings is 1. The number of sulfonamides is 1. The Hall–Kier alpha value is -3.96. The molecule has 40 heavy (non-hydrogen) atoms. The summed E-state index contributed by atoms with van der Waals surface area (Å²) in [5, 5.41) is 12.2. The van der Waals surface area contributed by atoms with Gasteiger partial charge in [0.15, 0.2) is 0 Å².